The lowest BCUT2D eigenvalue weighted by Crippen LogP contribution is -2.44. The molecule has 2 aliphatic rings. The van der Waals surface area contributed by atoms with Crippen LogP contribution in [0.4, 0.5) is 0 Å². The Morgan fingerprint density at radius 3 is 2.87 bits per heavy atom. The zero-order valence-corrected chi connectivity index (χ0v) is 14.3. The van der Waals surface area contributed by atoms with E-state index in [0.29, 0.717) is 24.4 Å². The van der Waals surface area contributed by atoms with Crippen molar-refractivity contribution in [2.75, 3.05) is 33.3 Å². The second kappa shape index (κ2) is 7.35. The smallest absolute Gasteiger partial charge is 0.236 e. The molecule has 2 fully saturated rings. The lowest BCUT2D eigenvalue weighted by atomic mass is 10.00. The molecule has 0 radical (unpaired) electrons. The summed E-state index contributed by atoms with van der Waals surface area (Å²) in [6, 6.07) is 8.62. The van der Waals surface area contributed by atoms with Crippen LogP contribution in [0.25, 0.3) is 0 Å². The number of piperidine rings is 1. The van der Waals surface area contributed by atoms with Crippen LogP contribution in [0.2, 0.25) is 0 Å². The maximum atomic E-state index is 12.7. The van der Waals surface area contributed by atoms with Gasteiger partial charge in [-0.25, -0.2) is 0 Å². The van der Waals surface area contributed by atoms with Crippen LogP contribution in [0.15, 0.2) is 24.3 Å². The molecular weight excluding hydrogens is 288 g/mol. The molecule has 0 bridgehead atoms. The van der Waals surface area contributed by atoms with Crippen molar-refractivity contribution in [3.63, 3.8) is 0 Å². The minimum absolute atomic E-state index is 0.298. The summed E-state index contributed by atoms with van der Waals surface area (Å²) in [5.74, 6) is 1.83. The van der Waals surface area contributed by atoms with E-state index >= 15 is 0 Å². The molecule has 23 heavy (non-hydrogen) atoms. The van der Waals surface area contributed by atoms with E-state index in [0.717, 1.165) is 44.6 Å². The van der Waals surface area contributed by atoms with Gasteiger partial charge in [-0.2, -0.15) is 0 Å². The number of ether oxygens (including phenoxy) is 1. The summed E-state index contributed by atoms with van der Waals surface area (Å²) < 4.78 is 5.34. The second-order valence-corrected chi connectivity index (χ2v) is 6.99. The van der Waals surface area contributed by atoms with E-state index < -0.39 is 0 Å². The van der Waals surface area contributed by atoms with Crippen LogP contribution < -0.4 is 4.74 Å². The van der Waals surface area contributed by atoms with Crippen molar-refractivity contribution in [3.05, 3.63) is 29.8 Å². The van der Waals surface area contributed by atoms with Crippen LogP contribution in [0.1, 0.15) is 44.2 Å². The normalized spacial score (nSPS) is 25.6. The molecule has 3 rings (SSSR count). The predicted molar refractivity (Wildman–Crippen MR) is 91.5 cm³/mol. The average Bonchev–Trinajstić information content (AvgIpc) is 3.03. The molecule has 4 heteroatoms. The quantitative estimate of drug-likeness (QED) is 0.856. The van der Waals surface area contributed by atoms with Gasteiger partial charge < -0.3 is 9.64 Å². The van der Waals surface area contributed by atoms with Crippen molar-refractivity contribution >= 4 is 5.91 Å². The molecule has 0 aromatic heterocycles. The Morgan fingerprint density at radius 2 is 2.09 bits per heavy atom. The zero-order chi connectivity index (χ0) is 16.2. The van der Waals surface area contributed by atoms with E-state index in [1.165, 1.54) is 12.0 Å². The summed E-state index contributed by atoms with van der Waals surface area (Å²) in [6.07, 6.45) is 4.68. The first-order chi connectivity index (χ1) is 11.2. The van der Waals surface area contributed by atoms with Crippen LogP contribution in [0.5, 0.6) is 5.75 Å². The molecule has 0 spiro atoms. The fourth-order valence-corrected chi connectivity index (χ4v) is 3.93. The molecule has 0 saturated carbocycles. The van der Waals surface area contributed by atoms with Gasteiger partial charge in [0.2, 0.25) is 5.91 Å². The Hall–Kier alpha value is -1.55. The van der Waals surface area contributed by atoms with Gasteiger partial charge in [-0.15, -0.1) is 0 Å². The molecule has 0 N–H and O–H groups in total. The maximum absolute atomic E-state index is 12.7. The molecular formula is C19H28N2O2. The Bertz CT molecular complexity index is 546. The average molecular weight is 316 g/mol. The number of carbonyl (C=O) groups is 1. The summed E-state index contributed by atoms with van der Waals surface area (Å²) in [7, 11) is 1.70. The molecule has 0 unspecified atom stereocenters. The first-order valence-corrected chi connectivity index (χ1v) is 8.83. The second-order valence-electron chi connectivity index (χ2n) is 6.99. The molecule has 2 saturated heterocycles. The van der Waals surface area contributed by atoms with E-state index in [4.69, 9.17) is 4.74 Å². The zero-order valence-electron chi connectivity index (χ0n) is 14.3. The Kier molecular flexibility index (Phi) is 5.21. The maximum Gasteiger partial charge on any atom is 0.236 e. The van der Waals surface area contributed by atoms with Gasteiger partial charge in [-0.1, -0.05) is 19.1 Å². The number of rotatable bonds is 4. The van der Waals surface area contributed by atoms with Crippen LogP contribution in [-0.4, -0.2) is 49.0 Å². The highest BCUT2D eigenvalue weighted by Gasteiger charge is 2.30. The SMILES string of the molecule is COc1cccc([C@H]2CCCN2CC(=O)N2CCC[C@H](C)C2)c1. The van der Waals surface area contributed by atoms with Crippen molar-refractivity contribution in [1.29, 1.82) is 0 Å². The monoisotopic (exact) mass is 316 g/mol. The third-order valence-corrected chi connectivity index (χ3v) is 5.19. The van der Waals surface area contributed by atoms with E-state index in [2.05, 4.69) is 28.9 Å². The van der Waals surface area contributed by atoms with E-state index in [9.17, 15) is 4.79 Å². The fraction of sp³-hybridized carbons (Fsp3) is 0.632. The van der Waals surface area contributed by atoms with Crippen LogP contribution in [-0.2, 0) is 4.79 Å². The van der Waals surface area contributed by atoms with E-state index in [1.807, 2.05) is 12.1 Å². The highest BCUT2D eigenvalue weighted by Crippen LogP contribution is 2.33. The molecule has 126 valence electrons. The van der Waals surface area contributed by atoms with Crippen molar-refractivity contribution < 1.29 is 9.53 Å². The molecule has 1 aromatic carbocycles. The van der Waals surface area contributed by atoms with Crippen molar-refractivity contribution in [2.24, 2.45) is 5.92 Å². The van der Waals surface area contributed by atoms with Gasteiger partial charge in [0.15, 0.2) is 0 Å². The number of carbonyl (C=O) groups excluding carboxylic acids is 1. The van der Waals surface area contributed by atoms with E-state index in [1.54, 1.807) is 7.11 Å². The molecule has 0 aliphatic carbocycles. The first kappa shape index (κ1) is 16.3. The molecule has 2 heterocycles. The van der Waals surface area contributed by atoms with Crippen LogP contribution in [0.3, 0.4) is 0 Å². The number of nitrogens with zero attached hydrogens (tertiary/aromatic N) is 2. The van der Waals surface area contributed by atoms with Crippen molar-refractivity contribution in [3.8, 4) is 5.75 Å². The number of amides is 1. The standard InChI is InChI=1S/C19H28N2O2/c1-15-6-4-11-21(13-15)19(22)14-20-10-5-9-18(20)16-7-3-8-17(12-16)23-2/h3,7-8,12,15,18H,4-6,9-11,13-14H2,1-2H3/t15-,18+/m0/s1. The number of methoxy groups -OCH3 is 1. The van der Waals surface area contributed by atoms with Crippen LogP contribution in [0, 0.1) is 5.92 Å². The van der Waals surface area contributed by atoms with Gasteiger partial charge in [0.05, 0.1) is 13.7 Å². The molecule has 2 aliphatic heterocycles. The summed E-state index contributed by atoms with van der Waals surface area (Å²) in [4.78, 5) is 17.1. The highest BCUT2D eigenvalue weighted by atomic mass is 16.5. The number of likely N-dealkylation sites (tertiary alicyclic amines) is 2. The van der Waals surface area contributed by atoms with Gasteiger partial charge >= 0.3 is 0 Å². The largest absolute Gasteiger partial charge is 0.497 e. The third-order valence-electron chi connectivity index (χ3n) is 5.19. The lowest BCUT2D eigenvalue weighted by molar-refractivity contribution is -0.134. The summed E-state index contributed by atoms with van der Waals surface area (Å²) in [5.41, 5.74) is 1.27. The minimum atomic E-state index is 0.298. The van der Waals surface area contributed by atoms with Gasteiger partial charge in [-0.05, 0) is 55.8 Å². The van der Waals surface area contributed by atoms with Gasteiger partial charge in [0.1, 0.15) is 5.75 Å². The molecule has 2 atom stereocenters. The Balaban J connectivity index is 1.65. The van der Waals surface area contributed by atoms with Gasteiger partial charge in [0, 0.05) is 19.1 Å². The number of hydrogen-bond donors (Lipinski definition) is 0. The van der Waals surface area contributed by atoms with Crippen molar-refractivity contribution in [2.45, 2.75) is 38.6 Å². The molecule has 1 aromatic rings. The topological polar surface area (TPSA) is 32.8 Å². The first-order valence-electron chi connectivity index (χ1n) is 8.83. The third kappa shape index (κ3) is 3.86. The van der Waals surface area contributed by atoms with E-state index in [-0.39, 0.29) is 0 Å². The fourth-order valence-electron chi connectivity index (χ4n) is 3.93. The highest BCUT2D eigenvalue weighted by molar-refractivity contribution is 5.78. The summed E-state index contributed by atoms with van der Waals surface area (Å²) >= 11 is 0. The molecule has 1 amide bonds. The Morgan fingerprint density at radius 1 is 1.26 bits per heavy atom. The number of benzene rings is 1. The van der Waals surface area contributed by atoms with Gasteiger partial charge in [-0.3, -0.25) is 9.69 Å². The summed E-state index contributed by atoms with van der Waals surface area (Å²) in [5, 5.41) is 0. The van der Waals surface area contributed by atoms with Gasteiger partial charge in [0.25, 0.3) is 0 Å². The molecule has 4 nitrogen and oxygen atoms in total. The van der Waals surface area contributed by atoms with Crippen LogP contribution >= 0.6 is 0 Å². The Labute approximate surface area is 139 Å². The number of hydrogen-bond acceptors (Lipinski definition) is 3. The lowest BCUT2D eigenvalue weighted by Gasteiger charge is -2.33. The predicted octanol–water partition coefficient (Wildman–Crippen LogP) is 3.09. The van der Waals surface area contributed by atoms with Crippen molar-refractivity contribution in [1.82, 2.24) is 9.80 Å². The summed E-state index contributed by atoms with van der Waals surface area (Å²) in [6.45, 7) is 5.66. The minimum Gasteiger partial charge on any atom is -0.497 e.